The van der Waals surface area contributed by atoms with Crippen LogP contribution in [0.4, 0.5) is 3.89 Å². The largest absolute Gasteiger partial charge is 0.488 e. The van der Waals surface area contributed by atoms with E-state index in [2.05, 4.69) is 8.91 Å². The number of halogens is 1. The van der Waals surface area contributed by atoms with E-state index in [1.165, 1.54) is 31.2 Å². The van der Waals surface area contributed by atoms with Crippen LogP contribution >= 0.6 is 0 Å². The molecule has 0 aliphatic rings. The lowest BCUT2D eigenvalue weighted by atomic mass is 9.94. The molecule has 0 saturated carbocycles. The molecule has 31 heavy (non-hydrogen) atoms. The van der Waals surface area contributed by atoms with E-state index in [4.69, 9.17) is 0 Å². The number of hydrogen-bond acceptors (Lipinski definition) is 6. The van der Waals surface area contributed by atoms with Gasteiger partial charge in [0.25, 0.3) is 0 Å². The van der Waals surface area contributed by atoms with Crippen LogP contribution in [0.15, 0.2) is 71.6 Å². The van der Waals surface area contributed by atoms with E-state index < -0.39 is 32.0 Å². The summed E-state index contributed by atoms with van der Waals surface area (Å²) in [5.41, 5.74) is -1.56. The number of hydrogen-bond donors (Lipinski definition) is 2. The fraction of sp³-hybridized carbons (Fsp3) is 0.150. The average Bonchev–Trinajstić information content (AvgIpc) is 2.67. The second-order valence-electron chi connectivity index (χ2n) is 7.05. The van der Waals surface area contributed by atoms with Crippen molar-refractivity contribution < 1.29 is 34.8 Å². The molecule has 0 saturated heterocycles. The zero-order chi connectivity index (χ0) is 22.9. The summed E-state index contributed by atoms with van der Waals surface area (Å²) >= 11 is 0. The molecule has 0 spiro atoms. The first-order chi connectivity index (χ1) is 14.4. The van der Waals surface area contributed by atoms with E-state index in [-0.39, 0.29) is 17.1 Å². The topological polar surface area (TPSA) is 127 Å². The summed E-state index contributed by atoms with van der Waals surface area (Å²) in [6.07, 6.45) is -0.266. The molecule has 8 nitrogen and oxygen atoms in total. The van der Waals surface area contributed by atoms with Crippen molar-refractivity contribution in [3.05, 3.63) is 72.3 Å². The molecule has 164 valence electrons. The van der Waals surface area contributed by atoms with Gasteiger partial charge in [-0.1, -0.05) is 46.4 Å². The van der Waals surface area contributed by atoms with Crippen molar-refractivity contribution in [3.8, 4) is 5.75 Å². The highest BCUT2D eigenvalue weighted by Gasteiger charge is 2.38. The number of carboxylic acids is 1. The molecular weight excluding hydrogens is 449 g/mol. The van der Waals surface area contributed by atoms with Crippen LogP contribution in [0, 0.1) is 0 Å². The summed E-state index contributed by atoms with van der Waals surface area (Å²) in [7, 11) is -9.39. The predicted molar refractivity (Wildman–Crippen MR) is 111 cm³/mol. The minimum absolute atomic E-state index is 0.0874. The summed E-state index contributed by atoms with van der Waals surface area (Å²) in [6, 6.07) is 16.5. The molecule has 3 aromatic carbocycles. The van der Waals surface area contributed by atoms with E-state index in [0.29, 0.717) is 10.9 Å². The lowest BCUT2D eigenvalue weighted by molar-refractivity contribution is -0.143. The molecule has 11 heteroatoms. The maximum absolute atomic E-state index is 12.9. The van der Waals surface area contributed by atoms with Crippen LogP contribution in [0.5, 0.6) is 5.75 Å². The van der Waals surface area contributed by atoms with E-state index in [1.54, 1.807) is 18.2 Å². The van der Waals surface area contributed by atoms with Gasteiger partial charge in [0, 0.05) is 6.42 Å². The SMILES string of the molecule is C[C@@](Cc1ccc(OS(=O)(=O)F)cc1)(NS(=O)(=O)c1ccc2ccccc2c1)C(=O)O. The maximum Gasteiger partial charge on any atom is 0.488 e. The van der Waals surface area contributed by atoms with Gasteiger partial charge in [-0.3, -0.25) is 4.79 Å². The predicted octanol–water partition coefficient (Wildman–Crippen LogP) is 2.80. The van der Waals surface area contributed by atoms with Crippen LogP contribution in [-0.2, 0) is 31.7 Å². The van der Waals surface area contributed by atoms with Gasteiger partial charge in [-0.25, -0.2) is 8.42 Å². The molecule has 3 rings (SSSR count). The molecule has 0 unspecified atom stereocenters. The summed E-state index contributed by atoms with van der Waals surface area (Å²) in [5.74, 6) is -1.72. The Morgan fingerprint density at radius 1 is 1.00 bits per heavy atom. The summed E-state index contributed by atoms with van der Waals surface area (Å²) in [4.78, 5) is 11.8. The number of aliphatic carboxylic acids is 1. The number of sulfonamides is 1. The molecule has 0 aliphatic heterocycles. The smallest absolute Gasteiger partial charge is 0.480 e. The Morgan fingerprint density at radius 3 is 2.19 bits per heavy atom. The normalized spacial score (nSPS) is 14.1. The van der Waals surface area contributed by atoms with Crippen LogP contribution in [0.3, 0.4) is 0 Å². The summed E-state index contributed by atoms with van der Waals surface area (Å²) < 4.78 is 65.8. The molecule has 1 atom stereocenters. The van der Waals surface area contributed by atoms with Crippen LogP contribution in [-0.4, -0.2) is 33.5 Å². The molecule has 0 aromatic heterocycles. The maximum atomic E-state index is 12.9. The standard InChI is InChI=1S/C20H18FNO7S2/c1-20(19(23)24,13-14-6-9-17(10-7-14)29-31(21,27)28)22-30(25,26)18-11-8-15-4-2-3-5-16(15)12-18/h2-12,22H,13H2,1H3,(H,23,24)/t20-/m0/s1. The zero-order valence-electron chi connectivity index (χ0n) is 16.1. The lowest BCUT2D eigenvalue weighted by Crippen LogP contribution is -2.53. The minimum atomic E-state index is -5.19. The van der Waals surface area contributed by atoms with Crippen molar-refractivity contribution in [1.29, 1.82) is 0 Å². The van der Waals surface area contributed by atoms with Crippen LogP contribution in [0.25, 0.3) is 10.8 Å². The molecular formula is C20H18FNO7S2. The Bertz CT molecular complexity index is 1340. The number of rotatable bonds is 8. The van der Waals surface area contributed by atoms with Crippen molar-refractivity contribution in [2.24, 2.45) is 0 Å². The third kappa shape index (κ3) is 5.57. The molecule has 0 bridgehead atoms. The fourth-order valence-electron chi connectivity index (χ4n) is 3.03. The minimum Gasteiger partial charge on any atom is -0.480 e. The molecule has 2 N–H and O–H groups in total. The first-order valence-electron chi connectivity index (χ1n) is 8.87. The molecule has 0 heterocycles. The number of benzene rings is 3. The average molecular weight is 467 g/mol. The Morgan fingerprint density at radius 2 is 1.61 bits per heavy atom. The van der Waals surface area contributed by atoms with Gasteiger partial charge in [-0.05, 0) is 47.5 Å². The third-order valence-corrected chi connectivity index (χ3v) is 6.52. The Balaban J connectivity index is 1.86. The number of fused-ring (bicyclic) bond motifs is 1. The van der Waals surface area contributed by atoms with Crippen LogP contribution in [0.1, 0.15) is 12.5 Å². The molecule has 3 aromatic rings. The van der Waals surface area contributed by atoms with E-state index >= 15 is 0 Å². The fourth-order valence-corrected chi connectivity index (χ4v) is 4.77. The zero-order valence-corrected chi connectivity index (χ0v) is 17.8. The van der Waals surface area contributed by atoms with Crippen molar-refractivity contribution in [1.82, 2.24) is 4.72 Å². The third-order valence-electron chi connectivity index (χ3n) is 4.54. The lowest BCUT2D eigenvalue weighted by Gasteiger charge is -2.26. The summed E-state index contributed by atoms with van der Waals surface area (Å²) in [6.45, 7) is 1.21. The van der Waals surface area contributed by atoms with Gasteiger partial charge < -0.3 is 9.29 Å². The monoisotopic (exact) mass is 467 g/mol. The van der Waals surface area contributed by atoms with Gasteiger partial charge in [0.05, 0.1) is 4.90 Å². The second kappa shape index (κ2) is 8.25. The molecule has 0 amide bonds. The van der Waals surface area contributed by atoms with Crippen molar-refractivity contribution in [3.63, 3.8) is 0 Å². The van der Waals surface area contributed by atoms with E-state index in [9.17, 15) is 30.6 Å². The number of nitrogens with one attached hydrogen (secondary N) is 1. The van der Waals surface area contributed by atoms with Crippen molar-refractivity contribution >= 4 is 37.3 Å². The second-order valence-corrected chi connectivity index (χ2v) is 9.68. The van der Waals surface area contributed by atoms with Gasteiger partial charge in [0.15, 0.2) is 0 Å². The number of carboxylic acid groups (broad SMARTS) is 1. The first-order valence-corrected chi connectivity index (χ1v) is 11.7. The van der Waals surface area contributed by atoms with Gasteiger partial charge in [-0.15, -0.1) is 0 Å². The quantitative estimate of drug-likeness (QED) is 0.488. The molecule has 0 radical (unpaired) electrons. The highest BCUT2D eigenvalue weighted by molar-refractivity contribution is 7.89. The first kappa shape index (κ1) is 22.7. The van der Waals surface area contributed by atoms with Gasteiger partial charge in [0.2, 0.25) is 10.0 Å². The van der Waals surface area contributed by atoms with Gasteiger partial charge >= 0.3 is 16.5 Å². The highest BCUT2D eigenvalue weighted by Crippen LogP contribution is 2.23. The number of carbonyl (C=O) groups is 1. The highest BCUT2D eigenvalue weighted by atomic mass is 32.3. The Hall–Kier alpha value is -3.02. The van der Waals surface area contributed by atoms with E-state index in [1.807, 2.05) is 12.1 Å². The van der Waals surface area contributed by atoms with Crippen molar-refractivity contribution in [2.75, 3.05) is 0 Å². The van der Waals surface area contributed by atoms with Gasteiger partial charge in [0.1, 0.15) is 11.3 Å². The molecule has 0 aliphatic carbocycles. The van der Waals surface area contributed by atoms with Gasteiger partial charge in [-0.2, -0.15) is 13.1 Å². The summed E-state index contributed by atoms with van der Waals surface area (Å²) in [5, 5.41) is 11.2. The van der Waals surface area contributed by atoms with Crippen LogP contribution in [0.2, 0.25) is 0 Å². The Kier molecular flexibility index (Phi) is 6.03. The molecule has 0 fully saturated rings. The van der Waals surface area contributed by atoms with Crippen molar-refractivity contribution in [2.45, 2.75) is 23.8 Å². The van der Waals surface area contributed by atoms with Crippen LogP contribution < -0.4 is 8.91 Å². The Labute approximate surface area is 178 Å². The van der Waals surface area contributed by atoms with E-state index in [0.717, 1.165) is 17.5 Å².